The fourth-order valence-corrected chi connectivity index (χ4v) is 1.93. The first kappa shape index (κ1) is 15.4. The summed E-state index contributed by atoms with van der Waals surface area (Å²) in [5, 5.41) is 17.8. The number of aliphatic hydroxyl groups excluding tert-OH is 2. The second kappa shape index (κ2) is 9.28. The van der Waals surface area contributed by atoms with Gasteiger partial charge in [0.1, 0.15) is 0 Å². The summed E-state index contributed by atoms with van der Waals surface area (Å²) in [7, 11) is 0. The first-order valence-corrected chi connectivity index (χ1v) is 6.91. The van der Waals surface area contributed by atoms with E-state index in [9.17, 15) is 0 Å². The van der Waals surface area contributed by atoms with Crippen LogP contribution < -0.4 is 0 Å². The maximum Gasteiger partial charge on any atom is 0.0558 e. The Hall–Kier alpha value is -0.680. The van der Waals surface area contributed by atoms with Crippen molar-refractivity contribution in [2.24, 2.45) is 0 Å². The summed E-state index contributed by atoms with van der Waals surface area (Å²) < 4.78 is 1.08. The van der Waals surface area contributed by atoms with Crippen molar-refractivity contribution in [3.63, 3.8) is 0 Å². The Labute approximate surface area is 117 Å². The van der Waals surface area contributed by atoms with Gasteiger partial charge in [0.05, 0.1) is 13.2 Å². The van der Waals surface area contributed by atoms with Crippen molar-refractivity contribution >= 4 is 22.0 Å². The van der Waals surface area contributed by atoms with E-state index in [1.54, 1.807) is 0 Å². The molecule has 0 saturated heterocycles. The van der Waals surface area contributed by atoms with Crippen LogP contribution in [-0.2, 0) is 0 Å². The highest BCUT2D eigenvalue weighted by Crippen LogP contribution is 2.11. The van der Waals surface area contributed by atoms with Crippen LogP contribution in [0.1, 0.15) is 12.0 Å². The molecule has 0 amide bonds. The van der Waals surface area contributed by atoms with Crippen LogP contribution in [0.5, 0.6) is 0 Å². The molecule has 3 nitrogen and oxygen atoms in total. The largest absolute Gasteiger partial charge is 0.395 e. The highest BCUT2D eigenvalue weighted by Gasteiger charge is 2.00. The van der Waals surface area contributed by atoms with Crippen molar-refractivity contribution in [2.75, 3.05) is 32.8 Å². The molecular weight excluding hydrogens is 294 g/mol. The van der Waals surface area contributed by atoms with E-state index in [1.807, 2.05) is 17.0 Å². The molecule has 0 bridgehead atoms. The SMILES string of the molecule is OCCN(CCO)CCC=Cc1ccc(Br)cc1. The second-order valence-electron chi connectivity index (χ2n) is 4.03. The molecule has 0 spiro atoms. The molecule has 0 saturated carbocycles. The van der Waals surface area contributed by atoms with Gasteiger partial charge in [0, 0.05) is 24.1 Å². The van der Waals surface area contributed by atoms with Crippen molar-refractivity contribution in [1.29, 1.82) is 0 Å². The van der Waals surface area contributed by atoms with Crippen LogP contribution in [0.25, 0.3) is 6.08 Å². The molecular formula is C14H20BrNO2. The lowest BCUT2D eigenvalue weighted by molar-refractivity contribution is 0.163. The third kappa shape index (κ3) is 6.31. The lowest BCUT2D eigenvalue weighted by atomic mass is 10.2. The number of nitrogens with zero attached hydrogens (tertiary/aromatic N) is 1. The van der Waals surface area contributed by atoms with Gasteiger partial charge in [-0.05, 0) is 24.1 Å². The average molecular weight is 314 g/mol. The second-order valence-corrected chi connectivity index (χ2v) is 4.95. The molecule has 2 N–H and O–H groups in total. The third-order valence-electron chi connectivity index (χ3n) is 2.62. The minimum absolute atomic E-state index is 0.135. The summed E-state index contributed by atoms with van der Waals surface area (Å²) in [4.78, 5) is 2.05. The third-order valence-corrected chi connectivity index (χ3v) is 3.15. The van der Waals surface area contributed by atoms with Gasteiger partial charge in [-0.3, -0.25) is 4.90 Å². The normalized spacial score (nSPS) is 11.6. The Bertz CT molecular complexity index is 345. The van der Waals surface area contributed by atoms with Gasteiger partial charge in [-0.25, -0.2) is 0 Å². The van der Waals surface area contributed by atoms with Crippen LogP contribution in [0.3, 0.4) is 0 Å². The molecule has 100 valence electrons. The van der Waals surface area contributed by atoms with E-state index in [-0.39, 0.29) is 13.2 Å². The first-order valence-electron chi connectivity index (χ1n) is 6.12. The molecule has 1 aromatic carbocycles. The van der Waals surface area contributed by atoms with Gasteiger partial charge in [-0.15, -0.1) is 0 Å². The van der Waals surface area contributed by atoms with E-state index in [2.05, 4.69) is 40.2 Å². The zero-order valence-corrected chi connectivity index (χ0v) is 12.0. The van der Waals surface area contributed by atoms with Gasteiger partial charge in [0.2, 0.25) is 0 Å². The molecule has 0 aromatic heterocycles. The lowest BCUT2D eigenvalue weighted by Gasteiger charge is -2.18. The van der Waals surface area contributed by atoms with Crippen LogP contribution in [0.15, 0.2) is 34.8 Å². The van der Waals surface area contributed by atoms with Crippen molar-refractivity contribution < 1.29 is 10.2 Å². The molecule has 0 aliphatic heterocycles. The molecule has 0 aliphatic rings. The number of halogens is 1. The van der Waals surface area contributed by atoms with Gasteiger partial charge < -0.3 is 10.2 Å². The van der Waals surface area contributed by atoms with Gasteiger partial charge in [0.15, 0.2) is 0 Å². The van der Waals surface area contributed by atoms with Crippen molar-refractivity contribution in [3.8, 4) is 0 Å². The quantitative estimate of drug-likeness (QED) is 0.773. The number of benzene rings is 1. The zero-order chi connectivity index (χ0) is 13.2. The fourth-order valence-electron chi connectivity index (χ4n) is 1.67. The van der Waals surface area contributed by atoms with Gasteiger partial charge in [-0.2, -0.15) is 0 Å². The zero-order valence-electron chi connectivity index (χ0n) is 10.4. The monoisotopic (exact) mass is 313 g/mol. The molecule has 0 atom stereocenters. The summed E-state index contributed by atoms with van der Waals surface area (Å²) in [6.07, 6.45) is 5.11. The highest BCUT2D eigenvalue weighted by molar-refractivity contribution is 9.10. The smallest absolute Gasteiger partial charge is 0.0558 e. The standard InChI is InChI=1S/C14H20BrNO2/c15-14-6-4-13(5-7-14)3-1-2-8-16(9-11-17)10-12-18/h1,3-7,17-18H,2,8-12H2. The lowest BCUT2D eigenvalue weighted by Crippen LogP contribution is -2.30. The Morgan fingerprint density at radius 3 is 2.17 bits per heavy atom. The predicted octanol–water partition coefficient (Wildman–Crippen LogP) is 2.14. The van der Waals surface area contributed by atoms with Crippen LogP contribution in [0.4, 0.5) is 0 Å². The predicted molar refractivity (Wildman–Crippen MR) is 78.4 cm³/mol. The van der Waals surface area contributed by atoms with E-state index in [1.165, 1.54) is 5.56 Å². The molecule has 18 heavy (non-hydrogen) atoms. The van der Waals surface area contributed by atoms with Crippen molar-refractivity contribution in [1.82, 2.24) is 4.90 Å². The average Bonchev–Trinajstić information content (AvgIpc) is 2.37. The molecule has 0 unspecified atom stereocenters. The van der Waals surface area contributed by atoms with E-state index in [4.69, 9.17) is 10.2 Å². The topological polar surface area (TPSA) is 43.7 Å². The Balaban J connectivity index is 2.33. The van der Waals surface area contributed by atoms with Gasteiger partial charge in [-0.1, -0.05) is 40.2 Å². The maximum atomic E-state index is 8.88. The van der Waals surface area contributed by atoms with Gasteiger partial charge in [0.25, 0.3) is 0 Å². The van der Waals surface area contributed by atoms with Crippen LogP contribution in [0, 0.1) is 0 Å². The van der Waals surface area contributed by atoms with E-state index >= 15 is 0 Å². The fraction of sp³-hybridized carbons (Fsp3) is 0.429. The van der Waals surface area contributed by atoms with Crippen molar-refractivity contribution in [2.45, 2.75) is 6.42 Å². The molecule has 0 fully saturated rings. The number of hydrogen-bond acceptors (Lipinski definition) is 3. The summed E-state index contributed by atoms with van der Waals surface area (Å²) >= 11 is 3.40. The summed E-state index contributed by atoms with van der Waals surface area (Å²) in [6, 6.07) is 8.15. The summed E-state index contributed by atoms with van der Waals surface area (Å²) in [5.41, 5.74) is 1.18. The maximum absolute atomic E-state index is 8.88. The minimum atomic E-state index is 0.135. The van der Waals surface area contributed by atoms with Gasteiger partial charge >= 0.3 is 0 Å². The summed E-state index contributed by atoms with van der Waals surface area (Å²) in [6.45, 7) is 2.36. The molecule has 1 rings (SSSR count). The van der Waals surface area contributed by atoms with Crippen LogP contribution >= 0.6 is 15.9 Å². The van der Waals surface area contributed by atoms with E-state index < -0.39 is 0 Å². The van der Waals surface area contributed by atoms with Crippen molar-refractivity contribution in [3.05, 3.63) is 40.4 Å². The number of aliphatic hydroxyl groups is 2. The molecule has 0 radical (unpaired) electrons. The first-order chi connectivity index (χ1) is 8.76. The van der Waals surface area contributed by atoms with E-state index in [0.717, 1.165) is 17.4 Å². The molecule has 0 aliphatic carbocycles. The minimum Gasteiger partial charge on any atom is -0.395 e. The summed E-state index contributed by atoms with van der Waals surface area (Å²) in [5.74, 6) is 0. The number of hydrogen-bond donors (Lipinski definition) is 2. The molecule has 0 heterocycles. The van der Waals surface area contributed by atoms with Crippen LogP contribution in [0.2, 0.25) is 0 Å². The van der Waals surface area contributed by atoms with E-state index in [0.29, 0.717) is 13.1 Å². The Morgan fingerprint density at radius 2 is 1.61 bits per heavy atom. The Morgan fingerprint density at radius 1 is 1.00 bits per heavy atom. The Kier molecular flexibility index (Phi) is 7.93. The van der Waals surface area contributed by atoms with Crippen LogP contribution in [-0.4, -0.2) is 48.0 Å². The number of rotatable bonds is 8. The molecule has 1 aromatic rings. The highest BCUT2D eigenvalue weighted by atomic mass is 79.9. The molecule has 4 heteroatoms.